The summed E-state index contributed by atoms with van der Waals surface area (Å²) in [4.78, 5) is 0. The standard InChI is InChI=1S/C13H28/c1-5-9-13(7-3)11-8-10-12(4)6-2/h12-13H,5-11H2,1-4H3. The summed E-state index contributed by atoms with van der Waals surface area (Å²) < 4.78 is 0. The van der Waals surface area contributed by atoms with Crippen LogP contribution in [-0.2, 0) is 0 Å². The van der Waals surface area contributed by atoms with Crippen LogP contribution in [-0.4, -0.2) is 0 Å². The summed E-state index contributed by atoms with van der Waals surface area (Å²) in [6.45, 7) is 9.32. The summed E-state index contributed by atoms with van der Waals surface area (Å²) in [5, 5.41) is 0. The van der Waals surface area contributed by atoms with E-state index in [1.54, 1.807) is 0 Å². The summed E-state index contributed by atoms with van der Waals surface area (Å²) in [5.41, 5.74) is 0. The number of hydrogen-bond donors (Lipinski definition) is 0. The highest BCUT2D eigenvalue weighted by atomic mass is 14.1. The Bertz CT molecular complexity index is 96.2. The summed E-state index contributed by atoms with van der Waals surface area (Å²) >= 11 is 0. The Morgan fingerprint density at radius 2 is 1.54 bits per heavy atom. The minimum atomic E-state index is 0.944. The first-order valence-electron chi connectivity index (χ1n) is 6.24. The molecule has 0 saturated carbocycles. The maximum absolute atomic E-state index is 2.38. The third kappa shape index (κ3) is 7.10. The monoisotopic (exact) mass is 184 g/mol. The predicted molar refractivity (Wildman–Crippen MR) is 62.0 cm³/mol. The lowest BCUT2D eigenvalue weighted by Crippen LogP contribution is -2.00. The molecule has 2 atom stereocenters. The van der Waals surface area contributed by atoms with Crippen molar-refractivity contribution in [2.45, 2.75) is 72.6 Å². The molecular weight excluding hydrogens is 156 g/mol. The van der Waals surface area contributed by atoms with Gasteiger partial charge < -0.3 is 0 Å². The van der Waals surface area contributed by atoms with E-state index in [0.29, 0.717) is 0 Å². The SMILES string of the molecule is CCCC(CC)CCCC(C)CC. The summed E-state index contributed by atoms with van der Waals surface area (Å²) in [6, 6.07) is 0. The molecule has 0 amide bonds. The second-order valence-electron chi connectivity index (χ2n) is 4.51. The Morgan fingerprint density at radius 3 is 2.00 bits per heavy atom. The van der Waals surface area contributed by atoms with Crippen molar-refractivity contribution in [3.8, 4) is 0 Å². The van der Waals surface area contributed by atoms with E-state index in [1.807, 2.05) is 0 Å². The molecule has 0 aromatic heterocycles. The molecular formula is C13H28. The van der Waals surface area contributed by atoms with Crippen LogP contribution < -0.4 is 0 Å². The molecule has 0 aliphatic rings. The van der Waals surface area contributed by atoms with Crippen LogP contribution >= 0.6 is 0 Å². The van der Waals surface area contributed by atoms with Crippen LogP contribution in [0.1, 0.15) is 72.6 Å². The predicted octanol–water partition coefficient (Wildman–Crippen LogP) is 5.03. The second-order valence-corrected chi connectivity index (χ2v) is 4.51. The zero-order valence-corrected chi connectivity index (χ0v) is 10.1. The smallest absolute Gasteiger partial charge is 0.0417 e. The van der Waals surface area contributed by atoms with Gasteiger partial charge in [0, 0.05) is 0 Å². The van der Waals surface area contributed by atoms with E-state index >= 15 is 0 Å². The van der Waals surface area contributed by atoms with Crippen molar-refractivity contribution < 1.29 is 0 Å². The topological polar surface area (TPSA) is 0 Å². The Kier molecular flexibility index (Phi) is 8.59. The van der Waals surface area contributed by atoms with Crippen molar-refractivity contribution in [1.29, 1.82) is 0 Å². The summed E-state index contributed by atoms with van der Waals surface area (Å²) in [6.07, 6.45) is 9.90. The lowest BCUT2D eigenvalue weighted by molar-refractivity contribution is 0.386. The van der Waals surface area contributed by atoms with Crippen molar-refractivity contribution in [2.24, 2.45) is 11.8 Å². The van der Waals surface area contributed by atoms with Crippen LogP contribution in [0.3, 0.4) is 0 Å². The molecule has 0 bridgehead atoms. The maximum Gasteiger partial charge on any atom is -0.0417 e. The Morgan fingerprint density at radius 1 is 0.846 bits per heavy atom. The van der Waals surface area contributed by atoms with Crippen LogP contribution in [0.2, 0.25) is 0 Å². The van der Waals surface area contributed by atoms with Crippen molar-refractivity contribution >= 4 is 0 Å². The molecule has 0 rings (SSSR count). The van der Waals surface area contributed by atoms with Crippen molar-refractivity contribution in [2.75, 3.05) is 0 Å². The first kappa shape index (κ1) is 13.0. The van der Waals surface area contributed by atoms with E-state index in [0.717, 1.165) is 11.8 Å². The van der Waals surface area contributed by atoms with Gasteiger partial charge in [0.25, 0.3) is 0 Å². The highest BCUT2D eigenvalue weighted by molar-refractivity contribution is 4.58. The minimum Gasteiger partial charge on any atom is -0.0654 e. The van der Waals surface area contributed by atoms with E-state index in [-0.39, 0.29) is 0 Å². The van der Waals surface area contributed by atoms with Crippen LogP contribution in [0.4, 0.5) is 0 Å². The fourth-order valence-corrected chi connectivity index (χ4v) is 1.92. The van der Waals surface area contributed by atoms with Gasteiger partial charge in [-0.3, -0.25) is 0 Å². The van der Waals surface area contributed by atoms with Gasteiger partial charge in [0.2, 0.25) is 0 Å². The van der Waals surface area contributed by atoms with Gasteiger partial charge in [0.1, 0.15) is 0 Å². The van der Waals surface area contributed by atoms with E-state index in [1.165, 1.54) is 44.9 Å². The van der Waals surface area contributed by atoms with Gasteiger partial charge in [-0.05, 0) is 11.8 Å². The van der Waals surface area contributed by atoms with E-state index in [9.17, 15) is 0 Å². The van der Waals surface area contributed by atoms with Crippen LogP contribution in [0, 0.1) is 11.8 Å². The second kappa shape index (κ2) is 8.59. The van der Waals surface area contributed by atoms with Gasteiger partial charge in [-0.2, -0.15) is 0 Å². The highest BCUT2D eigenvalue weighted by Crippen LogP contribution is 2.20. The van der Waals surface area contributed by atoms with Crippen LogP contribution in [0.5, 0.6) is 0 Å². The summed E-state index contributed by atoms with van der Waals surface area (Å²) in [5.74, 6) is 1.95. The Balaban J connectivity index is 3.37. The van der Waals surface area contributed by atoms with Gasteiger partial charge >= 0.3 is 0 Å². The molecule has 0 heteroatoms. The van der Waals surface area contributed by atoms with E-state index in [4.69, 9.17) is 0 Å². The molecule has 2 unspecified atom stereocenters. The van der Waals surface area contributed by atoms with Gasteiger partial charge in [-0.1, -0.05) is 72.6 Å². The molecule has 0 aliphatic carbocycles. The molecule has 0 aromatic carbocycles. The van der Waals surface area contributed by atoms with Crippen molar-refractivity contribution in [3.05, 3.63) is 0 Å². The van der Waals surface area contributed by atoms with Crippen molar-refractivity contribution in [1.82, 2.24) is 0 Å². The largest absolute Gasteiger partial charge is 0.0654 e. The molecule has 0 nitrogen and oxygen atoms in total. The molecule has 0 aliphatic heterocycles. The lowest BCUT2D eigenvalue weighted by atomic mass is 9.92. The molecule has 0 saturated heterocycles. The van der Waals surface area contributed by atoms with Gasteiger partial charge in [-0.25, -0.2) is 0 Å². The average Bonchev–Trinajstić information content (AvgIpc) is 2.16. The molecule has 0 aromatic rings. The highest BCUT2D eigenvalue weighted by Gasteiger charge is 2.05. The minimum absolute atomic E-state index is 0.944. The zero-order chi connectivity index (χ0) is 10.1. The Labute approximate surface area is 85.1 Å². The van der Waals surface area contributed by atoms with Gasteiger partial charge in [0.15, 0.2) is 0 Å². The third-order valence-corrected chi connectivity index (χ3v) is 3.28. The fourth-order valence-electron chi connectivity index (χ4n) is 1.92. The van der Waals surface area contributed by atoms with E-state index in [2.05, 4.69) is 27.7 Å². The number of rotatable bonds is 8. The normalized spacial score (nSPS) is 15.7. The molecule has 80 valence electrons. The molecule has 0 radical (unpaired) electrons. The van der Waals surface area contributed by atoms with Gasteiger partial charge in [-0.15, -0.1) is 0 Å². The Hall–Kier alpha value is 0. The van der Waals surface area contributed by atoms with E-state index < -0.39 is 0 Å². The molecule has 13 heavy (non-hydrogen) atoms. The van der Waals surface area contributed by atoms with Crippen molar-refractivity contribution in [3.63, 3.8) is 0 Å². The first-order chi connectivity index (χ1) is 6.24. The number of hydrogen-bond acceptors (Lipinski definition) is 0. The molecule has 0 heterocycles. The first-order valence-corrected chi connectivity index (χ1v) is 6.24. The fraction of sp³-hybridized carbons (Fsp3) is 1.00. The molecule has 0 spiro atoms. The zero-order valence-electron chi connectivity index (χ0n) is 10.1. The van der Waals surface area contributed by atoms with Gasteiger partial charge in [0.05, 0.1) is 0 Å². The van der Waals surface area contributed by atoms with Crippen LogP contribution in [0.25, 0.3) is 0 Å². The average molecular weight is 184 g/mol. The third-order valence-electron chi connectivity index (χ3n) is 3.28. The summed E-state index contributed by atoms with van der Waals surface area (Å²) in [7, 11) is 0. The maximum atomic E-state index is 2.38. The quantitative estimate of drug-likeness (QED) is 0.496. The molecule has 0 fully saturated rings. The lowest BCUT2D eigenvalue weighted by Gasteiger charge is -2.14. The van der Waals surface area contributed by atoms with Crippen LogP contribution in [0.15, 0.2) is 0 Å². The molecule has 0 N–H and O–H groups in total.